The van der Waals surface area contributed by atoms with Crippen molar-refractivity contribution >= 4 is 11.4 Å². The fourth-order valence-corrected chi connectivity index (χ4v) is 3.87. The Balaban J connectivity index is 1.13. The van der Waals surface area contributed by atoms with Crippen LogP contribution in [-0.4, -0.2) is 159 Å². The second-order valence-corrected chi connectivity index (χ2v) is 10.6. The zero-order valence-electron chi connectivity index (χ0n) is 30.1. The number of anilines is 2. The smallest absolute Gasteiger partial charge is 0.119 e. The fourth-order valence-electron chi connectivity index (χ4n) is 3.87. The standard InChI is InChI=1S/C36H60N2O13/c37-33-1-5-35(6-2-33)50-31-29-48-27-25-46-23-21-44-19-17-42-15-13-40-11-9-39-10-12-41-14-16-43-18-20-45-22-24-47-26-28-49-30-32-51-36-7-3-34(38)4-8-36/h1-8H,9-32,37-38H2. The molecule has 0 bridgehead atoms. The second kappa shape index (κ2) is 34.3. The average molecular weight is 729 g/mol. The number of hydrogen-bond donors (Lipinski definition) is 2. The van der Waals surface area contributed by atoms with Crippen LogP contribution in [0.3, 0.4) is 0 Å². The van der Waals surface area contributed by atoms with Crippen molar-refractivity contribution < 1.29 is 61.6 Å². The van der Waals surface area contributed by atoms with Gasteiger partial charge in [0.1, 0.15) is 24.7 Å². The Labute approximate surface area is 302 Å². The largest absolute Gasteiger partial charge is 0.491 e. The van der Waals surface area contributed by atoms with E-state index in [0.29, 0.717) is 170 Å². The lowest BCUT2D eigenvalue weighted by Gasteiger charge is -2.09. The van der Waals surface area contributed by atoms with E-state index in [2.05, 4.69) is 0 Å². The molecule has 0 aromatic heterocycles. The summed E-state index contributed by atoms with van der Waals surface area (Å²) in [5.41, 5.74) is 12.7. The molecule has 0 saturated heterocycles. The van der Waals surface area contributed by atoms with Crippen LogP contribution in [-0.2, 0) is 52.1 Å². The molecule has 2 aromatic rings. The van der Waals surface area contributed by atoms with Gasteiger partial charge in [-0.1, -0.05) is 0 Å². The van der Waals surface area contributed by atoms with Gasteiger partial charge in [0, 0.05) is 11.4 Å². The summed E-state index contributed by atoms with van der Waals surface area (Å²) in [7, 11) is 0. The van der Waals surface area contributed by atoms with E-state index in [-0.39, 0.29) is 0 Å². The Bertz CT molecular complexity index is 926. The van der Waals surface area contributed by atoms with Gasteiger partial charge in [-0.05, 0) is 48.5 Å². The average Bonchev–Trinajstić information content (AvgIpc) is 3.14. The fraction of sp³-hybridized carbons (Fsp3) is 0.667. The summed E-state index contributed by atoms with van der Waals surface area (Å²) in [6.07, 6.45) is 0. The van der Waals surface area contributed by atoms with Crippen LogP contribution < -0.4 is 20.9 Å². The highest BCUT2D eigenvalue weighted by Crippen LogP contribution is 2.13. The molecule has 0 amide bonds. The Morgan fingerprint density at radius 3 is 0.569 bits per heavy atom. The molecule has 0 spiro atoms. The third-order valence-electron chi connectivity index (χ3n) is 6.47. The summed E-state index contributed by atoms with van der Waals surface area (Å²) >= 11 is 0. The molecule has 0 unspecified atom stereocenters. The molecule has 15 nitrogen and oxygen atoms in total. The van der Waals surface area contributed by atoms with E-state index in [1.165, 1.54) is 0 Å². The number of benzene rings is 2. The third kappa shape index (κ3) is 29.5. The number of rotatable bonds is 38. The van der Waals surface area contributed by atoms with Gasteiger partial charge < -0.3 is 73.0 Å². The highest BCUT2D eigenvalue weighted by atomic mass is 16.6. The Morgan fingerprint density at radius 2 is 0.392 bits per heavy atom. The van der Waals surface area contributed by atoms with Crippen molar-refractivity contribution in [3.05, 3.63) is 48.5 Å². The predicted octanol–water partition coefficient (Wildman–Crippen LogP) is 2.49. The molecule has 0 saturated carbocycles. The van der Waals surface area contributed by atoms with Crippen molar-refractivity contribution in [1.29, 1.82) is 0 Å². The van der Waals surface area contributed by atoms with Crippen LogP contribution in [0.4, 0.5) is 11.4 Å². The first-order valence-corrected chi connectivity index (χ1v) is 17.6. The SMILES string of the molecule is Nc1ccc(OCCOCCOCCOCCOCCOCCOCCOCCOCCOCCOCCOCCOc2ccc(N)cc2)cc1. The van der Waals surface area contributed by atoms with Crippen LogP contribution in [0, 0.1) is 0 Å². The van der Waals surface area contributed by atoms with Crippen molar-refractivity contribution in [3.63, 3.8) is 0 Å². The summed E-state index contributed by atoms with van der Waals surface area (Å²) in [6.45, 7) is 12.0. The van der Waals surface area contributed by atoms with Crippen LogP contribution in [0.2, 0.25) is 0 Å². The van der Waals surface area contributed by atoms with Gasteiger partial charge in [0.15, 0.2) is 0 Å². The summed E-state index contributed by atoms with van der Waals surface area (Å²) in [5, 5.41) is 0. The maximum Gasteiger partial charge on any atom is 0.119 e. The molecule has 0 aliphatic rings. The molecule has 292 valence electrons. The maximum atomic E-state index is 5.64. The minimum absolute atomic E-state index is 0.472. The maximum absolute atomic E-state index is 5.64. The lowest BCUT2D eigenvalue weighted by Crippen LogP contribution is -2.15. The minimum atomic E-state index is 0.472. The first-order valence-electron chi connectivity index (χ1n) is 17.6. The predicted molar refractivity (Wildman–Crippen MR) is 192 cm³/mol. The van der Waals surface area contributed by atoms with Crippen LogP contribution in [0.1, 0.15) is 0 Å². The first kappa shape index (κ1) is 44.4. The van der Waals surface area contributed by atoms with Crippen molar-refractivity contribution in [3.8, 4) is 11.5 Å². The molecule has 0 atom stereocenters. The highest BCUT2D eigenvalue weighted by Gasteiger charge is 1.98. The molecule has 15 heteroatoms. The van der Waals surface area contributed by atoms with Crippen LogP contribution in [0.15, 0.2) is 48.5 Å². The second-order valence-electron chi connectivity index (χ2n) is 10.6. The Kier molecular flexibility index (Phi) is 29.8. The first-order chi connectivity index (χ1) is 25.2. The van der Waals surface area contributed by atoms with Gasteiger partial charge >= 0.3 is 0 Å². The van der Waals surface area contributed by atoms with Crippen molar-refractivity contribution in [2.45, 2.75) is 0 Å². The van der Waals surface area contributed by atoms with E-state index in [9.17, 15) is 0 Å². The van der Waals surface area contributed by atoms with Gasteiger partial charge in [-0.15, -0.1) is 0 Å². The lowest BCUT2D eigenvalue weighted by atomic mass is 10.3. The molecule has 51 heavy (non-hydrogen) atoms. The quantitative estimate of drug-likeness (QED) is 0.0763. The van der Waals surface area contributed by atoms with Crippen molar-refractivity contribution in [2.24, 2.45) is 0 Å². The van der Waals surface area contributed by atoms with E-state index in [4.69, 9.17) is 73.0 Å². The zero-order chi connectivity index (χ0) is 36.1. The van der Waals surface area contributed by atoms with Crippen molar-refractivity contribution in [1.82, 2.24) is 0 Å². The summed E-state index contributed by atoms with van der Waals surface area (Å²) in [4.78, 5) is 0. The summed E-state index contributed by atoms with van der Waals surface area (Å²) in [5.74, 6) is 1.54. The number of nitrogens with two attached hydrogens (primary N) is 2. The summed E-state index contributed by atoms with van der Waals surface area (Å²) < 4.78 is 71.4. The van der Waals surface area contributed by atoms with E-state index >= 15 is 0 Å². The minimum Gasteiger partial charge on any atom is -0.491 e. The van der Waals surface area contributed by atoms with Crippen LogP contribution >= 0.6 is 0 Å². The summed E-state index contributed by atoms with van der Waals surface area (Å²) in [6, 6.07) is 14.5. The van der Waals surface area contributed by atoms with Gasteiger partial charge in [0.25, 0.3) is 0 Å². The number of nitrogen functional groups attached to an aromatic ring is 2. The van der Waals surface area contributed by atoms with Crippen LogP contribution in [0.5, 0.6) is 11.5 Å². The van der Waals surface area contributed by atoms with E-state index in [1.54, 1.807) is 24.3 Å². The zero-order valence-corrected chi connectivity index (χ0v) is 30.1. The van der Waals surface area contributed by atoms with E-state index < -0.39 is 0 Å². The normalized spacial score (nSPS) is 11.3. The van der Waals surface area contributed by atoms with E-state index in [0.717, 1.165) is 11.5 Å². The number of ether oxygens (including phenoxy) is 13. The molecule has 0 radical (unpaired) electrons. The van der Waals surface area contributed by atoms with Gasteiger partial charge in [-0.25, -0.2) is 0 Å². The molecule has 0 aliphatic heterocycles. The molecule has 0 fully saturated rings. The topological polar surface area (TPSA) is 172 Å². The van der Waals surface area contributed by atoms with Gasteiger partial charge in [0.2, 0.25) is 0 Å². The van der Waals surface area contributed by atoms with Crippen LogP contribution in [0.25, 0.3) is 0 Å². The molecule has 4 N–H and O–H groups in total. The van der Waals surface area contributed by atoms with E-state index in [1.807, 2.05) is 24.3 Å². The number of hydrogen-bond acceptors (Lipinski definition) is 15. The highest BCUT2D eigenvalue weighted by molar-refractivity contribution is 5.42. The third-order valence-corrected chi connectivity index (χ3v) is 6.47. The lowest BCUT2D eigenvalue weighted by molar-refractivity contribution is -0.0279. The molecule has 2 aromatic carbocycles. The molecule has 0 heterocycles. The van der Waals surface area contributed by atoms with Gasteiger partial charge in [0.05, 0.1) is 145 Å². The molecular weight excluding hydrogens is 668 g/mol. The molecular formula is C36H60N2O13. The molecule has 0 aliphatic carbocycles. The Morgan fingerprint density at radius 1 is 0.235 bits per heavy atom. The monoisotopic (exact) mass is 728 g/mol. The van der Waals surface area contributed by atoms with Gasteiger partial charge in [-0.3, -0.25) is 0 Å². The van der Waals surface area contributed by atoms with Gasteiger partial charge in [-0.2, -0.15) is 0 Å². The molecule has 2 rings (SSSR count). The Hall–Kier alpha value is -2.80. The van der Waals surface area contributed by atoms with Crippen molar-refractivity contribution in [2.75, 3.05) is 170 Å².